The Morgan fingerprint density at radius 1 is 1.58 bits per heavy atom. The molecule has 1 aliphatic heterocycles. The summed E-state index contributed by atoms with van der Waals surface area (Å²) < 4.78 is 0. The number of pyridine rings is 1. The van der Waals surface area contributed by atoms with Crippen molar-refractivity contribution in [1.29, 1.82) is 0 Å². The van der Waals surface area contributed by atoms with Crippen LogP contribution in [0.3, 0.4) is 0 Å². The van der Waals surface area contributed by atoms with Crippen LogP contribution in [0.15, 0.2) is 30.6 Å². The summed E-state index contributed by atoms with van der Waals surface area (Å²) in [5, 5.41) is 8.98. The van der Waals surface area contributed by atoms with Crippen LogP contribution in [-0.4, -0.2) is 44.0 Å². The topological polar surface area (TPSA) is 70.5 Å². The van der Waals surface area contributed by atoms with Crippen molar-refractivity contribution in [3.8, 4) is 0 Å². The van der Waals surface area contributed by atoms with E-state index in [0.29, 0.717) is 5.75 Å². The van der Waals surface area contributed by atoms with E-state index in [1.807, 2.05) is 13.0 Å². The molecule has 1 amide bonds. The first kappa shape index (κ1) is 13.6. The van der Waals surface area contributed by atoms with Crippen LogP contribution in [0.1, 0.15) is 12.5 Å². The molecule has 0 spiro atoms. The lowest BCUT2D eigenvalue weighted by Gasteiger charge is -2.23. The first-order valence-corrected chi connectivity index (χ1v) is 6.89. The van der Waals surface area contributed by atoms with Crippen LogP contribution in [0.4, 0.5) is 0 Å². The van der Waals surface area contributed by atoms with Gasteiger partial charge in [0.15, 0.2) is 0 Å². The van der Waals surface area contributed by atoms with Gasteiger partial charge >= 0.3 is 5.97 Å². The number of aliphatic carboxylic acids is 1. The zero-order valence-electron chi connectivity index (χ0n) is 10.4. The van der Waals surface area contributed by atoms with Crippen molar-refractivity contribution in [2.45, 2.75) is 18.3 Å². The van der Waals surface area contributed by atoms with E-state index >= 15 is 0 Å². The number of thioether (sulfide) groups is 1. The van der Waals surface area contributed by atoms with Crippen LogP contribution < -0.4 is 0 Å². The fraction of sp³-hybridized carbons (Fsp3) is 0.308. The molecule has 2 rings (SSSR count). The summed E-state index contributed by atoms with van der Waals surface area (Å²) in [6.07, 6.45) is 6.33. The van der Waals surface area contributed by atoms with Crippen molar-refractivity contribution >= 4 is 29.7 Å². The standard InChI is InChI=1S/C13H14N2O3S/c1-9-15(11(8-19-9)13(17)18)12(16)5-4-10-3-2-6-14-7-10/h2-7,9,11H,8H2,1H3,(H,17,18)/b5-4+. The molecule has 1 N–H and O–H groups in total. The number of aromatic nitrogens is 1. The maximum Gasteiger partial charge on any atom is 0.327 e. The lowest BCUT2D eigenvalue weighted by Crippen LogP contribution is -2.43. The molecule has 0 aliphatic carbocycles. The lowest BCUT2D eigenvalue weighted by molar-refractivity contribution is -0.147. The summed E-state index contributed by atoms with van der Waals surface area (Å²) in [6, 6.07) is 2.86. The number of rotatable bonds is 3. The summed E-state index contributed by atoms with van der Waals surface area (Å²) in [5.41, 5.74) is 0.808. The van der Waals surface area contributed by atoms with Crippen molar-refractivity contribution in [1.82, 2.24) is 9.88 Å². The SMILES string of the molecule is CC1SCC(C(=O)O)N1C(=O)/C=C/c1cccnc1. The third-order valence-corrected chi connectivity index (χ3v) is 4.08. The molecule has 19 heavy (non-hydrogen) atoms. The van der Waals surface area contributed by atoms with Crippen molar-refractivity contribution in [2.75, 3.05) is 5.75 Å². The Balaban J connectivity index is 2.10. The van der Waals surface area contributed by atoms with E-state index in [1.54, 1.807) is 24.5 Å². The Bertz CT molecular complexity index is 504. The molecule has 6 heteroatoms. The highest BCUT2D eigenvalue weighted by molar-refractivity contribution is 8.00. The van der Waals surface area contributed by atoms with Gasteiger partial charge in [0.25, 0.3) is 0 Å². The third kappa shape index (κ3) is 3.14. The van der Waals surface area contributed by atoms with E-state index in [-0.39, 0.29) is 11.3 Å². The molecular formula is C13H14N2O3S. The van der Waals surface area contributed by atoms with E-state index < -0.39 is 12.0 Å². The van der Waals surface area contributed by atoms with E-state index in [0.717, 1.165) is 5.56 Å². The molecule has 1 aliphatic rings. The summed E-state index contributed by atoms with van der Waals surface area (Å²) in [6.45, 7) is 1.84. The van der Waals surface area contributed by atoms with Crippen molar-refractivity contribution < 1.29 is 14.7 Å². The van der Waals surface area contributed by atoms with Crippen LogP contribution in [0.25, 0.3) is 6.08 Å². The van der Waals surface area contributed by atoms with Gasteiger partial charge in [0.2, 0.25) is 5.91 Å². The average Bonchev–Trinajstić information content (AvgIpc) is 2.79. The number of hydrogen-bond acceptors (Lipinski definition) is 4. The highest BCUT2D eigenvalue weighted by Gasteiger charge is 2.38. The third-order valence-electron chi connectivity index (χ3n) is 2.87. The van der Waals surface area contributed by atoms with Gasteiger partial charge in [0.1, 0.15) is 6.04 Å². The zero-order valence-corrected chi connectivity index (χ0v) is 11.2. The second-order valence-corrected chi connectivity index (χ2v) is 5.50. The zero-order chi connectivity index (χ0) is 13.8. The van der Waals surface area contributed by atoms with E-state index in [9.17, 15) is 9.59 Å². The maximum absolute atomic E-state index is 12.1. The molecule has 1 saturated heterocycles. The minimum absolute atomic E-state index is 0.118. The van der Waals surface area contributed by atoms with Gasteiger partial charge in [0, 0.05) is 24.2 Å². The van der Waals surface area contributed by atoms with Gasteiger partial charge in [-0.05, 0) is 24.6 Å². The molecular weight excluding hydrogens is 264 g/mol. The molecule has 2 atom stereocenters. The number of hydrogen-bond donors (Lipinski definition) is 1. The minimum atomic E-state index is -0.958. The fourth-order valence-corrected chi connectivity index (χ4v) is 3.07. The average molecular weight is 278 g/mol. The first-order chi connectivity index (χ1) is 9.09. The molecule has 0 radical (unpaired) electrons. The summed E-state index contributed by atoms with van der Waals surface area (Å²) in [5.74, 6) is -0.808. The number of amides is 1. The van der Waals surface area contributed by atoms with Crippen LogP contribution in [0.5, 0.6) is 0 Å². The molecule has 0 bridgehead atoms. The minimum Gasteiger partial charge on any atom is -0.480 e. The number of carbonyl (C=O) groups excluding carboxylic acids is 1. The van der Waals surface area contributed by atoms with Gasteiger partial charge in [-0.1, -0.05) is 6.07 Å². The molecule has 2 heterocycles. The largest absolute Gasteiger partial charge is 0.480 e. The molecule has 2 unspecified atom stereocenters. The predicted molar refractivity (Wildman–Crippen MR) is 73.5 cm³/mol. The first-order valence-electron chi connectivity index (χ1n) is 5.84. The monoisotopic (exact) mass is 278 g/mol. The second kappa shape index (κ2) is 5.88. The van der Waals surface area contributed by atoms with Gasteiger partial charge in [-0.15, -0.1) is 11.8 Å². The molecule has 1 aromatic rings. The van der Waals surface area contributed by atoms with Crippen molar-refractivity contribution in [3.63, 3.8) is 0 Å². The Kier molecular flexibility index (Phi) is 4.21. The van der Waals surface area contributed by atoms with Gasteiger partial charge in [0.05, 0.1) is 5.37 Å². The van der Waals surface area contributed by atoms with Crippen LogP contribution in [-0.2, 0) is 9.59 Å². The summed E-state index contributed by atoms with van der Waals surface area (Å²) in [4.78, 5) is 28.5. The molecule has 1 aromatic heterocycles. The van der Waals surface area contributed by atoms with Gasteiger partial charge in [-0.2, -0.15) is 0 Å². The van der Waals surface area contributed by atoms with Gasteiger partial charge in [-0.3, -0.25) is 9.78 Å². The smallest absolute Gasteiger partial charge is 0.327 e. The molecule has 5 nitrogen and oxygen atoms in total. The molecule has 100 valence electrons. The van der Waals surface area contributed by atoms with Crippen LogP contribution in [0.2, 0.25) is 0 Å². The highest BCUT2D eigenvalue weighted by Crippen LogP contribution is 2.29. The van der Waals surface area contributed by atoms with E-state index in [1.165, 1.54) is 22.7 Å². The predicted octanol–water partition coefficient (Wildman–Crippen LogP) is 1.47. The van der Waals surface area contributed by atoms with Crippen LogP contribution >= 0.6 is 11.8 Å². The molecule has 0 saturated carbocycles. The number of carboxylic acid groups (broad SMARTS) is 1. The normalized spacial score (nSPS) is 22.9. The second-order valence-electron chi connectivity index (χ2n) is 4.15. The molecule has 0 aromatic carbocycles. The van der Waals surface area contributed by atoms with Crippen molar-refractivity contribution in [2.24, 2.45) is 0 Å². The molecule has 1 fully saturated rings. The number of nitrogens with zero attached hydrogens (tertiary/aromatic N) is 2. The lowest BCUT2D eigenvalue weighted by atomic mass is 10.2. The maximum atomic E-state index is 12.1. The van der Waals surface area contributed by atoms with Gasteiger partial charge < -0.3 is 10.0 Å². The summed E-state index contributed by atoms with van der Waals surface area (Å²) in [7, 11) is 0. The Labute approximate surface area is 115 Å². The Morgan fingerprint density at radius 2 is 2.37 bits per heavy atom. The highest BCUT2D eigenvalue weighted by atomic mass is 32.2. The Hall–Kier alpha value is -1.82. The van der Waals surface area contributed by atoms with E-state index in [4.69, 9.17) is 5.11 Å². The van der Waals surface area contributed by atoms with Gasteiger partial charge in [-0.25, -0.2) is 4.79 Å². The Morgan fingerprint density at radius 3 is 3.00 bits per heavy atom. The van der Waals surface area contributed by atoms with Crippen molar-refractivity contribution in [3.05, 3.63) is 36.2 Å². The van der Waals surface area contributed by atoms with Crippen LogP contribution in [0, 0.1) is 0 Å². The fourth-order valence-electron chi connectivity index (χ4n) is 1.90. The van der Waals surface area contributed by atoms with E-state index in [2.05, 4.69) is 4.98 Å². The number of carbonyl (C=O) groups is 2. The summed E-state index contributed by atoms with van der Waals surface area (Å²) >= 11 is 1.47. The number of carboxylic acids is 1. The quantitative estimate of drug-likeness (QED) is 0.848.